The van der Waals surface area contributed by atoms with Gasteiger partial charge in [-0.2, -0.15) is 0 Å². The minimum absolute atomic E-state index is 0.141. The normalized spacial score (nSPS) is 16.2. The number of nitrogens with one attached hydrogen (secondary N) is 1. The zero-order chi connectivity index (χ0) is 18.1. The Kier molecular flexibility index (Phi) is 4.86. The topological polar surface area (TPSA) is 86.7 Å². The Morgan fingerprint density at radius 1 is 1.25 bits per heavy atom. The molecular weight excluding hydrogens is 322 g/mol. The summed E-state index contributed by atoms with van der Waals surface area (Å²) in [5.41, 5.74) is -1.05. The van der Waals surface area contributed by atoms with E-state index in [1.165, 1.54) is 14.0 Å². The molecule has 1 saturated carbocycles. The molecule has 0 bridgehead atoms. The van der Waals surface area contributed by atoms with Crippen LogP contribution in [0.15, 0.2) is 18.2 Å². The lowest BCUT2D eigenvalue weighted by Gasteiger charge is -2.27. The van der Waals surface area contributed by atoms with Gasteiger partial charge in [-0.1, -0.05) is 0 Å². The van der Waals surface area contributed by atoms with Gasteiger partial charge < -0.3 is 15.3 Å². The average molecular weight is 340 g/mol. The summed E-state index contributed by atoms with van der Waals surface area (Å²) in [6.45, 7) is 1.43. The van der Waals surface area contributed by atoms with Crippen LogP contribution in [0.3, 0.4) is 0 Å². The quantitative estimate of drug-likeness (QED) is 0.812. The molecule has 0 heterocycles. The van der Waals surface area contributed by atoms with Gasteiger partial charge in [-0.15, -0.1) is 0 Å². The number of carbonyl (C=O) groups is 3. The first kappa shape index (κ1) is 17.8. The minimum atomic E-state index is -1.19. The van der Waals surface area contributed by atoms with Crippen LogP contribution in [-0.2, 0) is 20.8 Å². The Morgan fingerprint density at radius 3 is 2.25 bits per heavy atom. The number of benzene rings is 1. The maximum atomic E-state index is 13.1. The molecule has 2 rings (SSSR count). The highest BCUT2D eigenvalue weighted by Gasteiger charge is 2.56. The van der Waals surface area contributed by atoms with Crippen LogP contribution in [-0.4, -0.2) is 46.4 Å². The summed E-state index contributed by atoms with van der Waals surface area (Å²) in [5, 5.41) is 11.6. The number of hydrogen-bond acceptors (Lipinski definition) is 3. The maximum absolute atomic E-state index is 13.1. The second kappa shape index (κ2) is 6.54. The highest BCUT2D eigenvalue weighted by molar-refractivity contribution is 5.93. The number of nitrogens with zero attached hydrogens (tertiary/aromatic N) is 1. The number of carboxylic acids is 1. The van der Waals surface area contributed by atoms with Gasteiger partial charge in [-0.3, -0.25) is 9.59 Å². The molecule has 1 aliphatic rings. The van der Waals surface area contributed by atoms with Gasteiger partial charge in [0.1, 0.15) is 23.2 Å². The van der Waals surface area contributed by atoms with E-state index in [2.05, 4.69) is 5.32 Å². The molecule has 8 heteroatoms. The molecule has 0 saturated heterocycles. The van der Waals surface area contributed by atoms with E-state index in [0.717, 1.165) is 17.0 Å². The molecule has 6 nitrogen and oxygen atoms in total. The van der Waals surface area contributed by atoms with Crippen molar-refractivity contribution in [3.8, 4) is 0 Å². The van der Waals surface area contributed by atoms with Gasteiger partial charge >= 0.3 is 5.97 Å². The predicted octanol–water partition coefficient (Wildman–Crippen LogP) is 1.09. The monoisotopic (exact) mass is 340 g/mol. The van der Waals surface area contributed by atoms with Crippen LogP contribution < -0.4 is 5.32 Å². The third kappa shape index (κ3) is 3.69. The second-order valence-electron chi connectivity index (χ2n) is 5.98. The van der Waals surface area contributed by atoms with Crippen LogP contribution in [0.5, 0.6) is 0 Å². The largest absolute Gasteiger partial charge is 0.479 e. The van der Waals surface area contributed by atoms with Gasteiger partial charge in [0, 0.05) is 13.1 Å². The van der Waals surface area contributed by atoms with Crippen LogP contribution in [0.2, 0.25) is 0 Å². The van der Waals surface area contributed by atoms with E-state index < -0.39 is 41.0 Å². The van der Waals surface area contributed by atoms with Crippen molar-refractivity contribution in [2.45, 2.75) is 37.8 Å². The summed E-state index contributed by atoms with van der Waals surface area (Å²) in [7, 11) is 1.38. The second-order valence-corrected chi connectivity index (χ2v) is 5.98. The van der Waals surface area contributed by atoms with Gasteiger partial charge in [-0.05, 0) is 37.5 Å². The fourth-order valence-electron chi connectivity index (χ4n) is 2.57. The highest BCUT2D eigenvalue weighted by Crippen LogP contribution is 2.41. The van der Waals surface area contributed by atoms with Crippen molar-refractivity contribution >= 4 is 17.8 Å². The van der Waals surface area contributed by atoms with Crippen LogP contribution in [0.4, 0.5) is 8.78 Å². The van der Waals surface area contributed by atoms with Gasteiger partial charge in [-0.25, -0.2) is 13.6 Å². The SMILES string of the molecule is C[C@H](NC(=O)Cc1cc(F)cc(F)c1)C(=O)N(C)C1(C(=O)O)CC1. The Labute approximate surface area is 137 Å². The third-order valence-electron chi connectivity index (χ3n) is 4.13. The van der Waals surface area contributed by atoms with Gasteiger partial charge in [0.15, 0.2) is 0 Å². The zero-order valence-corrected chi connectivity index (χ0v) is 13.3. The lowest BCUT2D eigenvalue weighted by atomic mass is 10.1. The summed E-state index contributed by atoms with van der Waals surface area (Å²) in [4.78, 5) is 36.5. The van der Waals surface area contributed by atoms with E-state index >= 15 is 0 Å². The summed E-state index contributed by atoms with van der Waals surface area (Å²) in [5.74, 6) is -3.78. The molecular formula is C16H18F2N2O4. The van der Waals surface area contributed by atoms with Crippen molar-refractivity contribution in [1.29, 1.82) is 0 Å². The molecule has 24 heavy (non-hydrogen) atoms. The molecule has 0 spiro atoms. The first-order valence-corrected chi connectivity index (χ1v) is 7.41. The number of likely N-dealkylation sites (N-methyl/N-ethyl adjacent to an activating group) is 1. The summed E-state index contributed by atoms with van der Waals surface area (Å²) < 4.78 is 26.2. The number of carbonyl (C=O) groups excluding carboxylic acids is 2. The smallest absolute Gasteiger partial charge is 0.329 e. The average Bonchev–Trinajstić information content (AvgIpc) is 3.25. The van der Waals surface area contributed by atoms with Crippen molar-refractivity contribution in [2.75, 3.05) is 7.05 Å². The summed E-state index contributed by atoms with van der Waals surface area (Å²) in [6.07, 6.45) is 0.446. The van der Waals surface area contributed by atoms with E-state index in [4.69, 9.17) is 0 Å². The molecule has 1 aromatic rings. The van der Waals surface area contributed by atoms with E-state index in [1.54, 1.807) is 0 Å². The molecule has 1 aromatic carbocycles. The molecule has 2 N–H and O–H groups in total. The Hall–Kier alpha value is -2.51. The third-order valence-corrected chi connectivity index (χ3v) is 4.13. The summed E-state index contributed by atoms with van der Waals surface area (Å²) >= 11 is 0. The van der Waals surface area contributed by atoms with Crippen molar-refractivity contribution in [2.24, 2.45) is 0 Å². The molecule has 2 amide bonds. The minimum Gasteiger partial charge on any atom is -0.479 e. The molecule has 0 unspecified atom stereocenters. The first-order valence-electron chi connectivity index (χ1n) is 7.41. The number of rotatable bonds is 6. The van der Waals surface area contributed by atoms with Crippen LogP contribution in [0.25, 0.3) is 0 Å². The van der Waals surface area contributed by atoms with Gasteiger partial charge in [0.25, 0.3) is 0 Å². The number of amides is 2. The van der Waals surface area contributed by atoms with Crippen molar-refractivity contribution in [3.63, 3.8) is 0 Å². The van der Waals surface area contributed by atoms with E-state index in [1.807, 2.05) is 0 Å². The fraction of sp³-hybridized carbons (Fsp3) is 0.438. The van der Waals surface area contributed by atoms with Crippen molar-refractivity contribution in [3.05, 3.63) is 35.4 Å². The van der Waals surface area contributed by atoms with Crippen LogP contribution in [0.1, 0.15) is 25.3 Å². The van der Waals surface area contributed by atoms with E-state index in [9.17, 15) is 28.3 Å². The Morgan fingerprint density at radius 2 is 1.79 bits per heavy atom. The van der Waals surface area contributed by atoms with Gasteiger partial charge in [0.2, 0.25) is 11.8 Å². The Balaban J connectivity index is 1.96. The molecule has 0 radical (unpaired) electrons. The van der Waals surface area contributed by atoms with E-state index in [0.29, 0.717) is 18.9 Å². The van der Waals surface area contributed by atoms with Crippen LogP contribution >= 0.6 is 0 Å². The number of hydrogen-bond donors (Lipinski definition) is 2. The number of halogens is 2. The molecule has 1 aliphatic carbocycles. The van der Waals surface area contributed by atoms with Crippen molar-refractivity contribution in [1.82, 2.24) is 10.2 Å². The van der Waals surface area contributed by atoms with Crippen LogP contribution in [0, 0.1) is 11.6 Å². The summed E-state index contributed by atoms with van der Waals surface area (Å²) in [6, 6.07) is 1.82. The molecule has 1 atom stereocenters. The standard InChI is InChI=1S/C16H18F2N2O4/c1-9(14(22)20(2)16(3-4-16)15(23)24)19-13(21)7-10-5-11(17)8-12(18)6-10/h5-6,8-9H,3-4,7H2,1-2H3,(H,19,21)(H,23,24)/t9-/m0/s1. The Bertz CT molecular complexity index is 668. The number of carboxylic acid groups (broad SMARTS) is 1. The number of aliphatic carboxylic acids is 1. The van der Waals surface area contributed by atoms with E-state index in [-0.39, 0.29) is 12.0 Å². The molecule has 130 valence electrons. The lowest BCUT2D eigenvalue weighted by molar-refractivity contribution is -0.151. The molecule has 0 aromatic heterocycles. The molecule has 1 fully saturated rings. The highest BCUT2D eigenvalue weighted by atomic mass is 19.1. The zero-order valence-electron chi connectivity index (χ0n) is 13.3. The van der Waals surface area contributed by atoms with Gasteiger partial charge in [0.05, 0.1) is 6.42 Å². The lowest BCUT2D eigenvalue weighted by Crippen LogP contribution is -2.52. The fourth-order valence-corrected chi connectivity index (χ4v) is 2.57. The van der Waals surface area contributed by atoms with Crippen molar-refractivity contribution < 1.29 is 28.3 Å². The predicted molar refractivity (Wildman–Crippen MR) is 80.0 cm³/mol. The maximum Gasteiger partial charge on any atom is 0.329 e. The molecule has 0 aliphatic heterocycles. The first-order chi connectivity index (χ1) is 11.2.